The van der Waals surface area contributed by atoms with Crippen LogP contribution in [-0.2, 0) is 25.9 Å². The molecule has 0 bridgehead atoms. The molecular formula is C16H18N2+2. The first-order valence-corrected chi connectivity index (χ1v) is 6.96. The molecule has 0 atom stereocenters. The van der Waals surface area contributed by atoms with Gasteiger partial charge in [-0.15, -0.1) is 0 Å². The minimum Gasteiger partial charge on any atom is -0.193 e. The second-order valence-corrected chi connectivity index (χ2v) is 5.36. The molecular weight excluding hydrogens is 220 g/mol. The minimum atomic E-state index is 1.15. The van der Waals surface area contributed by atoms with Gasteiger partial charge in [-0.1, -0.05) is 0 Å². The lowest BCUT2D eigenvalue weighted by atomic mass is 10.0. The third kappa shape index (κ3) is 1.41. The summed E-state index contributed by atoms with van der Waals surface area (Å²) >= 11 is 0. The van der Waals surface area contributed by atoms with E-state index >= 15 is 0 Å². The molecule has 4 rings (SSSR count). The zero-order valence-corrected chi connectivity index (χ0v) is 10.6. The van der Waals surface area contributed by atoms with E-state index in [-0.39, 0.29) is 0 Å². The van der Waals surface area contributed by atoms with Crippen molar-refractivity contribution in [1.29, 1.82) is 0 Å². The first-order chi connectivity index (χ1) is 8.93. The van der Waals surface area contributed by atoms with E-state index < -0.39 is 0 Å². The van der Waals surface area contributed by atoms with Gasteiger partial charge in [-0.05, 0) is 25.0 Å². The summed E-state index contributed by atoms with van der Waals surface area (Å²) in [7, 11) is 0. The van der Waals surface area contributed by atoms with Crippen LogP contribution in [0.2, 0.25) is 0 Å². The summed E-state index contributed by atoms with van der Waals surface area (Å²) < 4.78 is 4.92. The molecule has 0 aromatic carbocycles. The fourth-order valence-corrected chi connectivity index (χ4v) is 3.43. The zero-order chi connectivity index (χ0) is 11.9. The van der Waals surface area contributed by atoms with E-state index in [0.29, 0.717) is 0 Å². The van der Waals surface area contributed by atoms with Gasteiger partial charge in [0.2, 0.25) is 0 Å². The predicted octanol–water partition coefficient (Wildman–Crippen LogP) is 1.82. The highest BCUT2D eigenvalue weighted by molar-refractivity contribution is 5.57. The van der Waals surface area contributed by atoms with E-state index in [1.165, 1.54) is 48.2 Å². The molecule has 2 nitrogen and oxygen atoms in total. The van der Waals surface area contributed by atoms with Crippen molar-refractivity contribution in [2.45, 2.75) is 38.8 Å². The molecule has 2 aromatic rings. The lowest BCUT2D eigenvalue weighted by molar-refractivity contribution is -0.712. The molecule has 2 heteroatoms. The van der Waals surface area contributed by atoms with Crippen LogP contribution in [0.4, 0.5) is 0 Å². The van der Waals surface area contributed by atoms with Gasteiger partial charge in [-0.3, -0.25) is 0 Å². The monoisotopic (exact) mass is 238 g/mol. The molecule has 0 radical (unpaired) electrons. The van der Waals surface area contributed by atoms with Gasteiger partial charge in [0.05, 0.1) is 0 Å². The maximum atomic E-state index is 2.46. The van der Waals surface area contributed by atoms with E-state index in [9.17, 15) is 0 Å². The van der Waals surface area contributed by atoms with Crippen LogP contribution in [0.15, 0.2) is 36.7 Å². The van der Waals surface area contributed by atoms with E-state index in [4.69, 9.17) is 0 Å². The molecule has 0 fully saturated rings. The Balaban J connectivity index is 2.12. The summed E-state index contributed by atoms with van der Waals surface area (Å²) in [5.41, 5.74) is 6.00. The summed E-state index contributed by atoms with van der Waals surface area (Å²) in [6.07, 6.45) is 9.40. The summed E-state index contributed by atoms with van der Waals surface area (Å²) in [6, 6.07) is 9.04. The third-order valence-electron chi connectivity index (χ3n) is 4.22. The molecule has 0 amide bonds. The van der Waals surface area contributed by atoms with Crippen molar-refractivity contribution >= 4 is 0 Å². The van der Waals surface area contributed by atoms with Gasteiger partial charge in [-0.2, -0.15) is 9.13 Å². The number of nitrogens with zero attached hydrogens (tertiary/aromatic N) is 2. The Kier molecular flexibility index (Phi) is 2.22. The minimum absolute atomic E-state index is 1.15. The Morgan fingerprint density at radius 2 is 1.22 bits per heavy atom. The van der Waals surface area contributed by atoms with Crippen molar-refractivity contribution < 1.29 is 9.13 Å². The SMILES string of the molecule is c1cc2c3[n+](c1)CCCc1ccc[n+](c1-3)CCC2. The lowest BCUT2D eigenvalue weighted by Crippen LogP contribution is -2.41. The summed E-state index contributed by atoms with van der Waals surface area (Å²) in [5, 5.41) is 0. The number of hydrogen-bond acceptors (Lipinski definition) is 0. The molecule has 0 N–H and O–H groups in total. The van der Waals surface area contributed by atoms with Crippen LogP contribution in [-0.4, -0.2) is 0 Å². The van der Waals surface area contributed by atoms with Gasteiger partial charge < -0.3 is 0 Å². The molecule has 0 saturated heterocycles. The average Bonchev–Trinajstić information content (AvgIpc) is 2.70. The van der Waals surface area contributed by atoms with Crippen molar-refractivity contribution in [3.63, 3.8) is 0 Å². The normalized spacial score (nSPS) is 16.7. The van der Waals surface area contributed by atoms with Crippen LogP contribution in [0.25, 0.3) is 11.4 Å². The summed E-state index contributed by atoms with van der Waals surface area (Å²) in [5.74, 6) is 0. The van der Waals surface area contributed by atoms with Crippen molar-refractivity contribution in [2.24, 2.45) is 0 Å². The Morgan fingerprint density at radius 1 is 0.722 bits per heavy atom. The van der Waals surface area contributed by atoms with Crippen molar-refractivity contribution in [3.8, 4) is 11.4 Å². The molecule has 0 unspecified atom stereocenters. The highest BCUT2D eigenvalue weighted by atomic mass is 15.0. The molecule has 2 aliphatic heterocycles. The summed E-state index contributed by atoms with van der Waals surface area (Å²) in [6.45, 7) is 2.30. The van der Waals surface area contributed by atoms with Crippen molar-refractivity contribution in [3.05, 3.63) is 47.8 Å². The smallest absolute Gasteiger partial charge is 0.193 e. The first-order valence-electron chi connectivity index (χ1n) is 6.96. The van der Waals surface area contributed by atoms with Crippen LogP contribution in [0.3, 0.4) is 0 Å². The molecule has 2 aliphatic rings. The van der Waals surface area contributed by atoms with Gasteiger partial charge in [-0.25, -0.2) is 0 Å². The van der Waals surface area contributed by atoms with E-state index in [1.54, 1.807) is 0 Å². The average molecular weight is 238 g/mol. The first kappa shape index (κ1) is 10.2. The van der Waals surface area contributed by atoms with Crippen LogP contribution < -0.4 is 9.13 Å². The van der Waals surface area contributed by atoms with E-state index in [2.05, 4.69) is 45.8 Å². The molecule has 18 heavy (non-hydrogen) atoms. The second-order valence-electron chi connectivity index (χ2n) is 5.36. The number of aromatic nitrogens is 2. The Labute approximate surface area is 108 Å². The number of rotatable bonds is 0. The Bertz CT molecular complexity index is 516. The number of aryl methyl sites for hydroxylation is 4. The Hall–Kier alpha value is -1.70. The highest BCUT2D eigenvalue weighted by Crippen LogP contribution is 2.27. The third-order valence-corrected chi connectivity index (χ3v) is 4.22. The summed E-state index contributed by atoms with van der Waals surface area (Å²) in [4.78, 5) is 0. The predicted molar refractivity (Wildman–Crippen MR) is 68.9 cm³/mol. The number of pyridine rings is 2. The fourth-order valence-electron chi connectivity index (χ4n) is 3.43. The lowest BCUT2D eigenvalue weighted by Gasteiger charge is -2.04. The Morgan fingerprint density at radius 3 is 1.72 bits per heavy atom. The quantitative estimate of drug-likeness (QED) is 0.619. The molecule has 0 aliphatic carbocycles. The van der Waals surface area contributed by atoms with Crippen LogP contribution in [0.5, 0.6) is 0 Å². The fraction of sp³-hybridized carbons (Fsp3) is 0.375. The van der Waals surface area contributed by atoms with Crippen molar-refractivity contribution in [1.82, 2.24) is 0 Å². The molecule has 0 spiro atoms. The molecule has 2 aromatic heterocycles. The second kappa shape index (κ2) is 3.91. The topological polar surface area (TPSA) is 7.76 Å². The van der Waals surface area contributed by atoms with Gasteiger partial charge in [0.1, 0.15) is 13.1 Å². The van der Waals surface area contributed by atoms with Crippen molar-refractivity contribution in [2.75, 3.05) is 0 Å². The van der Waals surface area contributed by atoms with Gasteiger partial charge >= 0.3 is 0 Å². The molecule has 0 saturated carbocycles. The largest absolute Gasteiger partial charge is 0.280 e. The van der Waals surface area contributed by atoms with Crippen LogP contribution in [0.1, 0.15) is 24.0 Å². The van der Waals surface area contributed by atoms with E-state index in [1.807, 2.05) is 0 Å². The van der Waals surface area contributed by atoms with Gasteiger partial charge in [0.25, 0.3) is 11.4 Å². The van der Waals surface area contributed by atoms with Gasteiger partial charge in [0, 0.05) is 36.1 Å². The van der Waals surface area contributed by atoms with Crippen LogP contribution >= 0.6 is 0 Å². The standard InChI is InChI=1S/C16H18N2/c1-5-13-7-3-12-18-10-2-6-14-8-4-11-17(9-1)15(13)16(14)18/h1-2,5-6,9-10H,3-4,7-8,11-12H2/q+2. The van der Waals surface area contributed by atoms with Crippen LogP contribution in [0, 0.1) is 0 Å². The van der Waals surface area contributed by atoms with Gasteiger partial charge in [0.15, 0.2) is 12.4 Å². The molecule has 90 valence electrons. The zero-order valence-electron chi connectivity index (χ0n) is 10.6. The maximum Gasteiger partial charge on any atom is 0.280 e. The number of hydrogen-bond donors (Lipinski definition) is 0. The highest BCUT2D eigenvalue weighted by Gasteiger charge is 2.33. The van der Waals surface area contributed by atoms with E-state index in [0.717, 1.165) is 13.1 Å². The molecule has 4 heterocycles. The maximum absolute atomic E-state index is 2.46.